The zero-order valence-electron chi connectivity index (χ0n) is 13.4. The molecule has 2 N–H and O–H groups in total. The third-order valence-corrected chi connectivity index (χ3v) is 4.04. The minimum atomic E-state index is -0.114. The summed E-state index contributed by atoms with van der Waals surface area (Å²) in [4.78, 5) is 2.58. The number of rotatable bonds is 8. The van der Waals surface area contributed by atoms with Gasteiger partial charge < -0.3 is 15.3 Å². The molecule has 1 aliphatic rings. The molecule has 0 aromatic carbocycles. The zero-order chi connectivity index (χ0) is 14.3. The Bertz CT molecular complexity index is 233. The molecule has 3 heteroatoms. The highest BCUT2D eigenvalue weighted by atomic mass is 16.3. The summed E-state index contributed by atoms with van der Waals surface area (Å²) in [7, 11) is 0. The number of piperidine rings is 1. The summed E-state index contributed by atoms with van der Waals surface area (Å²) in [6.07, 6.45) is 4.19. The van der Waals surface area contributed by atoms with E-state index in [0.29, 0.717) is 17.9 Å². The Morgan fingerprint density at radius 1 is 1.26 bits per heavy atom. The summed E-state index contributed by atoms with van der Waals surface area (Å²) in [5, 5.41) is 13.6. The number of aliphatic hydroxyl groups excluding tert-OH is 1. The monoisotopic (exact) mass is 270 g/mol. The average molecular weight is 270 g/mol. The van der Waals surface area contributed by atoms with Crippen molar-refractivity contribution in [1.29, 1.82) is 0 Å². The lowest BCUT2D eigenvalue weighted by Gasteiger charge is -2.39. The van der Waals surface area contributed by atoms with Crippen LogP contribution in [-0.2, 0) is 0 Å². The van der Waals surface area contributed by atoms with Crippen molar-refractivity contribution in [2.24, 2.45) is 11.8 Å². The number of nitrogens with zero attached hydrogens (tertiary/aromatic N) is 1. The molecule has 3 nitrogen and oxygen atoms in total. The Labute approximate surface area is 119 Å². The van der Waals surface area contributed by atoms with Crippen molar-refractivity contribution in [1.82, 2.24) is 10.2 Å². The maximum absolute atomic E-state index is 9.89. The molecule has 0 aliphatic carbocycles. The number of nitrogens with one attached hydrogen (secondary N) is 1. The standard InChI is InChI=1S/C16H34N2O/c1-5-7-18-11-14(9-16(19)6-2)8-15(12-18)17-10-13(3)4/h13-17,19H,5-12H2,1-4H3. The summed E-state index contributed by atoms with van der Waals surface area (Å²) < 4.78 is 0. The van der Waals surface area contributed by atoms with Gasteiger partial charge in [-0.05, 0) is 50.6 Å². The van der Waals surface area contributed by atoms with Gasteiger partial charge in [-0.3, -0.25) is 0 Å². The van der Waals surface area contributed by atoms with Crippen LogP contribution in [0.4, 0.5) is 0 Å². The first-order valence-electron chi connectivity index (χ1n) is 8.18. The summed E-state index contributed by atoms with van der Waals surface area (Å²) in [6.45, 7) is 13.5. The van der Waals surface area contributed by atoms with Gasteiger partial charge in [-0.15, -0.1) is 0 Å². The number of hydrogen-bond acceptors (Lipinski definition) is 3. The van der Waals surface area contributed by atoms with Crippen LogP contribution in [-0.4, -0.2) is 48.3 Å². The molecule has 0 aromatic heterocycles. The van der Waals surface area contributed by atoms with Crippen LogP contribution in [0, 0.1) is 11.8 Å². The molecule has 3 atom stereocenters. The Kier molecular flexibility index (Phi) is 7.96. The first kappa shape index (κ1) is 16.9. The van der Waals surface area contributed by atoms with Crippen LogP contribution in [0.25, 0.3) is 0 Å². The van der Waals surface area contributed by atoms with E-state index in [9.17, 15) is 5.11 Å². The summed E-state index contributed by atoms with van der Waals surface area (Å²) in [6, 6.07) is 0.608. The topological polar surface area (TPSA) is 35.5 Å². The molecule has 0 bridgehead atoms. The molecule has 114 valence electrons. The molecule has 0 spiro atoms. The maximum Gasteiger partial charge on any atom is 0.0540 e. The van der Waals surface area contributed by atoms with Crippen LogP contribution >= 0.6 is 0 Å². The quantitative estimate of drug-likeness (QED) is 0.711. The van der Waals surface area contributed by atoms with E-state index in [2.05, 4.69) is 37.9 Å². The molecule has 3 unspecified atom stereocenters. The highest BCUT2D eigenvalue weighted by Crippen LogP contribution is 2.22. The van der Waals surface area contributed by atoms with Gasteiger partial charge in [-0.25, -0.2) is 0 Å². The van der Waals surface area contributed by atoms with E-state index in [1.54, 1.807) is 0 Å². The van der Waals surface area contributed by atoms with Gasteiger partial charge in [0.25, 0.3) is 0 Å². The summed E-state index contributed by atoms with van der Waals surface area (Å²) in [5.41, 5.74) is 0. The molecule has 1 rings (SSSR count). The van der Waals surface area contributed by atoms with Crippen molar-refractivity contribution in [2.45, 2.75) is 65.5 Å². The maximum atomic E-state index is 9.89. The Balaban J connectivity index is 2.47. The fourth-order valence-corrected chi connectivity index (χ4v) is 3.07. The van der Waals surface area contributed by atoms with Gasteiger partial charge in [0.05, 0.1) is 6.10 Å². The van der Waals surface area contributed by atoms with E-state index >= 15 is 0 Å². The van der Waals surface area contributed by atoms with E-state index in [1.165, 1.54) is 32.5 Å². The molecular formula is C16H34N2O. The van der Waals surface area contributed by atoms with Crippen molar-refractivity contribution in [3.05, 3.63) is 0 Å². The second kappa shape index (κ2) is 8.93. The molecule has 0 aromatic rings. The Hall–Kier alpha value is -0.120. The minimum Gasteiger partial charge on any atom is -0.393 e. The normalized spacial score (nSPS) is 26.8. The number of likely N-dealkylation sites (tertiary alicyclic amines) is 1. The van der Waals surface area contributed by atoms with Crippen molar-refractivity contribution in [3.8, 4) is 0 Å². The van der Waals surface area contributed by atoms with Crippen LogP contribution in [0.15, 0.2) is 0 Å². The van der Waals surface area contributed by atoms with Gasteiger partial charge in [-0.1, -0.05) is 27.7 Å². The lowest BCUT2D eigenvalue weighted by atomic mass is 9.88. The molecule has 1 heterocycles. The fraction of sp³-hybridized carbons (Fsp3) is 1.00. The molecular weight excluding hydrogens is 236 g/mol. The molecule has 0 saturated carbocycles. The van der Waals surface area contributed by atoms with E-state index in [4.69, 9.17) is 0 Å². The van der Waals surface area contributed by atoms with Gasteiger partial charge in [0.1, 0.15) is 0 Å². The van der Waals surface area contributed by atoms with Crippen LogP contribution in [0.3, 0.4) is 0 Å². The van der Waals surface area contributed by atoms with E-state index in [-0.39, 0.29) is 6.10 Å². The Morgan fingerprint density at radius 2 is 2.00 bits per heavy atom. The van der Waals surface area contributed by atoms with E-state index < -0.39 is 0 Å². The zero-order valence-corrected chi connectivity index (χ0v) is 13.4. The number of hydrogen-bond donors (Lipinski definition) is 2. The highest BCUT2D eigenvalue weighted by molar-refractivity contribution is 4.84. The molecule has 0 radical (unpaired) electrons. The van der Waals surface area contributed by atoms with Crippen molar-refractivity contribution in [3.63, 3.8) is 0 Å². The SMILES string of the molecule is CCCN1CC(CC(O)CC)CC(NCC(C)C)C1. The predicted octanol–water partition coefficient (Wildman–Crippen LogP) is 2.49. The van der Waals surface area contributed by atoms with Crippen molar-refractivity contribution < 1.29 is 5.11 Å². The van der Waals surface area contributed by atoms with Gasteiger partial charge in [0.2, 0.25) is 0 Å². The molecule has 1 saturated heterocycles. The van der Waals surface area contributed by atoms with Gasteiger partial charge in [0, 0.05) is 19.1 Å². The largest absolute Gasteiger partial charge is 0.393 e. The van der Waals surface area contributed by atoms with Crippen molar-refractivity contribution >= 4 is 0 Å². The van der Waals surface area contributed by atoms with Crippen molar-refractivity contribution in [2.75, 3.05) is 26.2 Å². The first-order chi connectivity index (χ1) is 9.05. The lowest BCUT2D eigenvalue weighted by molar-refractivity contribution is 0.0833. The van der Waals surface area contributed by atoms with Gasteiger partial charge in [-0.2, -0.15) is 0 Å². The predicted molar refractivity (Wildman–Crippen MR) is 82.4 cm³/mol. The van der Waals surface area contributed by atoms with Crippen LogP contribution in [0.1, 0.15) is 53.4 Å². The van der Waals surface area contributed by atoms with Crippen LogP contribution < -0.4 is 5.32 Å². The van der Waals surface area contributed by atoms with Crippen LogP contribution in [0.2, 0.25) is 0 Å². The summed E-state index contributed by atoms with van der Waals surface area (Å²) in [5.74, 6) is 1.36. The van der Waals surface area contributed by atoms with Crippen LogP contribution in [0.5, 0.6) is 0 Å². The third-order valence-electron chi connectivity index (χ3n) is 4.04. The second-order valence-electron chi connectivity index (χ2n) is 6.66. The van der Waals surface area contributed by atoms with Gasteiger partial charge in [0.15, 0.2) is 0 Å². The molecule has 19 heavy (non-hydrogen) atoms. The highest BCUT2D eigenvalue weighted by Gasteiger charge is 2.27. The van der Waals surface area contributed by atoms with E-state index in [0.717, 1.165) is 19.4 Å². The smallest absolute Gasteiger partial charge is 0.0540 e. The van der Waals surface area contributed by atoms with Gasteiger partial charge >= 0.3 is 0 Å². The van der Waals surface area contributed by atoms with E-state index in [1.807, 2.05) is 0 Å². The minimum absolute atomic E-state index is 0.114. The molecule has 1 fully saturated rings. The average Bonchev–Trinajstić information content (AvgIpc) is 2.36. The molecule has 0 amide bonds. The second-order valence-corrected chi connectivity index (χ2v) is 6.66. The number of aliphatic hydroxyl groups is 1. The first-order valence-corrected chi connectivity index (χ1v) is 8.18. The fourth-order valence-electron chi connectivity index (χ4n) is 3.07. The lowest BCUT2D eigenvalue weighted by Crippen LogP contribution is -2.50. The Morgan fingerprint density at radius 3 is 2.58 bits per heavy atom. The molecule has 1 aliphatic heterocycles. The summed E-state index contributed by atoms with van der Waals surface area (Å²) >= 11 is 0. The third kappa shape index (κ3) is 6.73.